The maximum Gasteiger partial charge on any atom is 0.227 e. The van der Waals surface area contributed by atoms with E-state index in [9.17, 15) is 9.18 Å². The molecule has 1 aromatic rings. The van der Waals surface area contributed by atoms with Gasteiger partial charge in [0.2, 0.25) is 5.91 Å². The van der Waals surface area contributed by atoms with E-state index < -0.39 is 0 Å². The number of hydrogen-bond donors (Lipinski definition) is 1. The molecule has 0 radical (unpaired) electrons. The summed E-state index contributed by atoms with van der Waals surface area (Å²) in [4.78, 5) is 13.2. The van der Waals surface area contributed by atoms with E-state index in [0.717, 1.165) is 5.56 Å². The molecule has 2 N–H and O–H groups in total. The first-order valence-corrected chi connectivity index (χ1v) is 5.38. The van der Waals surface area contributed by atoms with E-state index in [1.165, 1.54) is 11.0 Å². The highest BCUT2D eigenvalue weighted by Crippen LogP contribution is 2.27. The van der Waals surface area contributed by atoms with Crippen molar-refractivity contribution < 1.29 is 9.18 Å². The largest absolute Gasteiger partial charge is 0.330 e. The van der Waals surface area contributed by atoms with Crippen LogP contribution in [0.3, 0.4) is 0 Å². The lowest BCUT2D eigenvalue weighted by Crippen LogP contribution is -2.26. The van der Waals surface area contributed by atoms with Crippen molar-refractivity contribution in [1.29, 1.82) is 0 Å². The van der Waals surface area contributed by atoms with Gasteiger partial charge in [0.25, 0.3) is 0 Å². The van der Waals surface area contributed by atoms with Gasteiger partial charge in [-0.25, -0.2) is 4.39 Å². The summed E-state index contributed by atoms with van der Waals surface area (Å²) in [5.74, 6) is -0.246. The van der Waals surface area contributed by atoms with Crippen LogP contribution in [0.5, 0.6) is 0 Å². The molecule has 1 aliphatic rings. The summed E-state index contributed by atoms with van der Waals surface area (Å²) >= 11 is 0. The lowest BCUT2D eigenvalue weighted by atomic mass is 10.1. The van der Waals surface area contributed by atoms with Gasteiger partial charge in [0, 0.05) is 13.0 Å². The van der Waals surface area contributed by atoms with Crippen LogP contribution < -0.4 is 10.6 Å². The molecule has 3 nitrogen and oxygen atoms in total. The molecule has 1 heterocycles. The number of anilines is 1. The predicted octanol–water partition coefficient (Wildman–Crippen LogP) is 1.45. The minimum atomic E-state index is -0.350. The van der Waals surface area contributed by atoms with E-state index in [1.54, 1.807) is 12.1 Å². The molecule has 1 fully saturated rings. The second-order valence-electron chi connectivity index (χ2n) is 4.27. The average Bonchev–Trinajstić information content (AvgIpc) is 2.63. The van der Waals surface area contributed by atoms with Crippen LogP contribution in [-0.4, -0.2) is 19.0 Å². The summed E-state index contributed by atoms with van der Waals surface area (Å²) < 4.78 is 13.6. The number of carbonyl (C=O) groups is 1. The van der Waals surface area contributed by atoms with Crippen molar-refractivity contribution >= 4 is 11.6 Å². The lowest BCUT2D eigenvalue weighted by molar-refractivity contribution is -0.117. The molecular weight excluding hydrogens is 207 g/mol. The van der Waals surface area contributed by atoms with E-state index in [1.807, 2.05) is 6.92 Å². The summed E-state index contributed by atoms with van der Waals surface area (Å²) in [6.07, 6.45) is 0.421. The van der Waals surface area contributed by atoms with Gasteiger partial charge >= 0.3 is 0 Å². The third-order valence-electron chi connectivity index (χ3n) is 2.93. The molecule has 0 aromatic heterocycles. The molecule has 1 saturated heterocycles. The minimum Gasteiger partial charge on any atom is -0.330 e. The van der Waals surface area contributed by atoms with Gasteiger partial charge in [0.1, 0.15) is 5.82 Å². The summed E-state index contributed by atoms with van der Waals surface area (Å²) in [6.45, 7) is 2.87. The molecule has 1 unspecified atom stereocenters. The molecular formula is C12H15FN2O. The molecule has 86 valence electrons. The van der Waals surface area contributed by atoms with Gasteiger partial charge in [0.05, 0.1) is 5.69 Å². The van der Waals surface area contributed by atoms with Crippen molar-refractivity contribution in [3.63, 3.8) is 0 Å². The average molecular weight is 222 g/mol. The molecule has 1 aromatic carbocycles. The number of nitrogens with two attached hydrogens (primary N) is 1. The Balaban J connectivity index is 2.30. The standard InChI is InChI=1S/C12H15FN2O/c1-8-2-3-10(13)11(4-8)15-7-9(6-14)5-12(15)16/h2-4,9H,5-7,14H2,1H3. The van der Waals surface area contributed by atoms with Gasteiger partial charge in [-0.2, -0.15) is 0 Å². The highest BCUT2D eigenvalue weighted by molar-refractivity contribution is 5.95. The number of hydrogen-bond acceptors (Lipinski definition) is 2. The molecule has 0 spiro atoms. The Bertz CT molecular complexity index is 419. The number of carbonyl (C=O) groups excluding carboxylic acids is 1. The van der Waals surface area contributed by atoms with Gasteiger partial charge in [-0.3, -0.25) is 4.79 Å². The maximum absolute atomic E-state index is 13.6. The SMILES string of the molecule is Cc1ccc(F)c(N2CC(CN)CC2=O)c1. The highest BCUT2D eigenvalue weighted by Gasteiger charge is 2.31. The van der Waals surface area contributed by atoms with E-state index in [4.69, 9.17) is 5.73 Å². The van der Waals surface area contributed by atoms with Gasteiger partial charge in [-0.15, -0.1) is 0 Å². The number of amides is 1. The van der Waals surface area contributed by atoms with Gasteiger partial charge < -0.3 is 10.6 Å². The van der Waals surface area contributed by atoms with Crippen molar-refractivity contribution in [1.82, 2.24) is 0 Å². The van der Waals surface area contributed by atoms with Crippen LogP contribution in [0.4, 0.5) is 10.1 Å². The molecule has 1 atom stereocenters. The van der Waals surface area contributed by atoms with Crippen molar-refractivity contribution in [3.8, 4) is 0 Å². The Kier molecular flexibility index (Phi) is 2.92. The molecule has 2 rings (SSSR count). The normalized spacial score (nSPS) is 20.6. The lowest BCUT2D eigenvalue weighted by Gasteiger charge is -2.17. The summed E-state index contributed by atoms with van der Waals surface area (Å²) in [6, 6.07) is 4.79. The summed E-state index contributed by atoms with van der Waals surface area (Å²) in [5, 5.41) is 0. The molecule has 1 amide bonds. The Morgan fingerprint density at radius 1 is 1.56 bits per heavy atom. The zero-order valence-electron chi connectivity index (χ0n) is 9.24. The van der Waals surface area contributed by atoms with Crippen LogP contribution in [0.25, 0.3) is 0 Å². The molecule has 16 heavy (non-hydrogen) atoms. The molecule has 0 aliphatic carbocycles. The molecule has 1 aliphatic heterocycles. The number of nitrogens with zero attached hydrogens (tertiary/aromatic N) is 1. The molecule has 4 heteroatoms. The fraction of sp³-hybridized carbons (Fsp3) is 0.417. The number of benzene rings is 1. The van der Waals surface area contributed by atoms with Crippen molar-refractivity contribution in [2.45, 2.75) is 13.3 Å². The van der Waals surface area contributed by atoms with Crippen LogP contribution >= 0.6 is 0 Å². The summed E-state index contributed by atoms with van der Waals surface area (Å²) in [5.41, 5.74) is 6.85. The third kappa shape index (κ3) is 1.93. The second kappa shape index (κ2) is 4.22. The molecule has 0 saturated carbocycles. The maximum atomic E-state index is 13.6. The van der Waals surface area contributed by atoms with Crippen LogP contribution in [0.2, 0.25) is 0 Å². The topological polar surface area (TPSA) is 46.3 Å². The predicted molar refractivity (Wildman–Crippen MR) is 60.7 cm³/mol. The number of halogens is 1. The van der Waals surface area contributed by atoms with Crippen LogP contribution in [0.15, 0.2) is 18.2 Å². The van der Waals surface area contributed by atoms with Gasteiger partial charge in [-0.1, -0.05) is 6.07 Å². The third-order valence-corrected chi connectivity index (χ3v) is 2.93. The van der Waals surface area contributed by atoms with Crippen molar-refractivity contribution in [2.24, 2.45) is 11.7 Å². The Morgan fingerprint density at radius 2 is 2.31 bits per heavy atom. The van der Waals surface area contributed by atoms with Crippen LogP contribution in [0.1, 0.15) is 12.0 Å². The monoisotopic (exact) mass is 222 g/mol. The Labute approximate surface area is 94.0 Å². The Hall–Kier alpha value is -1.42. The van der Waals surface area contributed by atoms with E-state index in [2.05, 4.69) is 0 Å². The first kappa shape index (κ1) is 11.1. The van der Waals surface area contributed by atoms with E-state index in [0.29, 0.717) is 25.2 Å². The highest BCUT2D eigenvalue weighted by atomic mass is 19.1. The molecule has 0 bridgehead atoms. The number of aryl methyl sites for hydroxylation is 1. The fourth-order valence-corrected chi connectivity index (χ4v) is 2.00. The fourth-order valence-electron chi connectivity index (χ4n) is 2.00. The second-order valence-corrected chi connectivity index (χ2v) is 4.27. The first-order chi connectivity index (χ1) is 7.61. The quantitative estimate of drug-likeness (QED) is 0.823. The van der Waals surface area contributed by atoms with Crippen molar-refractivity contribution in [3.05, 3.63) is 29.6 Å². The smallest absolute Gasteiger partial charge is 0.227 e. The van der Waals surface area contributed by atoms with E-state index >= 15 is 0 Å². The minimum absolute atomic E-state index is 0.0417. The van der Waals surface area contributed by atoms with Crippen LogP contribution in [0, 0.1) is 18.7 Å². The summed E-state index contributed by atoms with van der Waals surface area (Å²) in [7, 11) is 0. The first-order valence-electron chi connectivity index (χ1n) is 5.38. The number of rotatable bonds is 2. The zero-order chi connectivity index (χ0) is 11.7. The van der Waals surface area contributed by atoms with E-state index in [-0.39, 0.29) is 17.6 Å². The van der Waals surface area contributed by atoms with Gasteiger partial charge in [0.15, 0.2) is 0 Å². The van der Waals surface area contributed by atoms with Gasteiger partial charge in [-0.05, 0) is 37.1 Å². The van der Waals surface area contributed by atoms with Crippen molar-refractivity contribution in [2.75, 3.05) is 18.0 Å². The van der Waals surface area contributed by atoms with Crippen LogP contribution in [-0.2, 0) is 4.79 Å². The zero-order valence-corrected chi connectivity index (χ0v) is 9.24. The Morgan fingerprint density at radius 3 is 2.94 bits per heavy atom.